The fourth-order valence-corrected chi connectivity index (χ4v) is 1.64. The predicted octanol–water partition coefficient (Wildman–Crippen LogP) is 2.92. The largest absolute Gasteiger partial charge is 0.508 e. The van der Waals surface area contributed by atoms with Crippen molar-refractivity contribution in [3.05, 3.63) is 47.1 Å². The van der Waals surface area contributed by atoms with Crippen LogP contribution < -0.4 is 0 Å². The van der Waals surface area contributed by atoms with Gasteiger partial charge < -0.3 is 5.11 Å². The van der Waals surface area contributed by atoms with Gasteiger partial charge in [-0.05, 0) is 30.3 Å². The maximum atomic E-state index is 10.9. The maximum Gasteiger partial charge on any atom is 0.152 e. The number of hydrogen-bond donors (Lipinski definition) is 1. The Morgan fingerprint density at radius 2 is 2.12 bits per heavy atom. The van der Waals surface area contributed by atoms with Gasteiger partial charge in [-0.15, -0.1) is 0 Å². The molecule has 16 heavy (non-hydrogen) atoms. The lowest BCUT2D eigenvalue weighted by molar-refractivity contribution is 0.112. The van der Waals surface area contributed by atoms with Gasteiger partial charge >= 0.3 is 0 Å². The van der Waals surface area contributed by atoms with Crippen molar-refractivity contribution in [1.82, 2.24) is 4.98 Å². The number of carbonyl (C=O) groups is 1. The molecule has 0 aliphatic heterocycles. The average molecular weight is 234 g/mol. The first-order valence-electron chi connectivity index (χ1n) is 4.61. The normalized spacial score (nSPS) is 10.1. The number of aromatic hydroxyl groups is 1. The van der Waals surface area contributed by atoms with Gasteiger partial charge in [-0.25, -0.2) is 0 Å². The molecule has 2 aromatic rings. The Bertz CT molecular complexity index is 540. The number of benzene rings is 1. The molecule has 3 nitrogen and oxygen atoms in total. The molecule has 0 unspecified atom stereocenters. The summed E-state index contributed by atoms with van der Waals surface area (Å²) in [5.41, 5.74) is 1.46. The highest BCUT2D eigenvalue weighted by atomic mass is 35.5. The third-order valence-corrected chi connectivity index (χ3v) is 2.50. The number of pyridine rings is 1. The number of hydrogen-bond acceptors (Lipinski definition) is 3. The standard InChI is InChI=1S/C12H8ClNO2/c13-11-4-3-9(16)6-10(11)12-8(7-15)2-1-5-14-12/h1-7,16H. The number of aromatic nitrogens is 1. The molecule has 80 valence electrons. The van der Waals surface area contributed by atoms with Crippen LogP contribution in [0.5, 0.6) is 5.75 Å². The molecule has 0 radical (unpaired) electrons. The lowest BCUT2D eigenvalue weighted by atomic mass is 10.1. The molecule has 0 fully saturated rings. The number of aldehydes is 1. The van der Waals surface area contributed by atoms with Gasteiger partial charge in [-0.3, -0.25) is 9.78 Å². The van der Waals surface area contributed by atoms with E-state index in [0.717, 1.165) is 0 Å². The monoisotopic (exact) mass is 233 g/mol. The van der Waals surface area contributed by atoms with E-state index >= 15 is 0 Å². The number of phenolic OH excluding ortho intramolecular Hbond substituents is 1. The molecule has 0 aliphatic carbocycles. The van der Waals surface area contributed by atoms with Crippen molar-refractivity contribution < 1.29 is 9.90 Å². The van der Waals surface area contributed by atoms with Crippen molar-refractivity contribution in [2.24, 2.45) is 0 Å². The first kappa shape index (κ1) is 10.6. The van der Waals surface area contributed by atoms with Crippen LogP contribution in [-0.2, 0) is 0 Å². The molecule has 1 heterocycles. The van der Waals surface area contributed by atoms with Crippen molar-refractivity contribution in [3.8, 4) is 17.0 Å². The molecule has 0 amide bonds. The molecule has 0 bridgehead atoms. The molecule has 0 saturated heterocycles. The van der Waals surface area contributed by atoms with Gasteiger partial charge in [-0.1, -0.05) is 11.6 Å². The van der Waals surface area contributed by atoms with Crippen molar-refractivity contribution >= 4 is 17.9 Å². The molecule has 1 aromatic carbocycles. The van der Waals surface area contributed by atoms with Crippen LogP contribution in [0.4, 0.5) is 0 Å². The highest BCUT2D eigenvalue weighted by Crippen LogP contribution is 2.31. The average Bonchev–Trinajstić information content (AvgIpc) is 2.32. The summed E-state index contributed by atoms with van der Waals surface area (Å²) in [7, 11) is 0. The Balaban J connectivity index is 2.66. The second kappa shape index (κ2) is 4.33. The predicted molar refractivity (Wildman–Crippen MR) is 61.7 cm³/mol. The van der Waals surface area contributed by atoms with Gasteiger partial charge in [0.15, 0.2) is 6.29 Å². The van der Waals surface area contributed by atoms with E-state index in [2.05, 4.69) is 4.98 Å². The minimum absolute atomic E-state index is 0.0851. The first-order chi connectivity index (χ1) is 7.72. The summed E-state index contributed by atoms with van der Waals surface area (Å²) >= 11 is 5.99. The molecular formula is C12H8ClNO2. The van der Waals surface area contributed by atoms with Crippen LogP contribution >= 0.6 is 11.6 Å². The van der Waals surface area contributed by atoms with Crippen LogP contribution in [0.25, 0.3) is 11.3 Å². The van der Waals surface area contributed by atoms with Gasteiger partial charge in [0.25, 0.3) is 0 Å². The van der Waals surface area contributed by atoms with E-state index in [1.165, 1.54) is 12.1 Å². The van der Waals surface area contributed by atoms with E-state index in [-0.39, 0.29) is 5.75 Å². The van der Waals surface area contributed by atoms with Gasteiger partial charge in [0.05, 0.1) is 10.7 Å². The SMILES string of the molecule is O=Cc1cccnc1-c1cc(O)ccc1Cl. The lowest BCUT2D eigenvalue weighted by Gasteiger charge is -2.06. The van der Waals surface area contributed by atoms with E-state index in [9.17, 15) is 9.90 Å². The third-order valence-electron chi connectivity index (χ3n) is 2.17. The van der Waals surface area contributed by atoms with Crippen LogP contribution in [0.3, 0.4) is 0 Å². The number of nitrogens with zero attached hydrogens (tertiary/aromatic N) is 1. The molecule has 1 N–H and O–H groups in total. The van der Waals surface area contributed by atoms with E-state index in [1.807, 2.05) is 0 Å². The molecule has 0 atom stereocenters. The Hall–Kier alpha value is -1.87. The van der Waals surface area contributed by atoms with Crippen molar-refractivity contribution in [2.75, 3.05) is 0 Å². The molecular weight excluding hydrogens is 226 g/mol. The summed E-state index contributed by atoms with van der Waals surface area (Å²) < 4.78 is 0. The van der Waals surface area contributed by atoms with Crippen LogP contribution in [0.15, 0.2) is 36.5 Å². The van der Waals surface area contributed by atoms with Gasteiger partial charge in [0, 0.05) is 17.3 Å². The molecule has 4 heteroatoms. The summed E-state index contributed by atoms with van der Waals surface area (Å²) in [5.74, 6) is 0.0851. The summed E-state index contributed by atoms with van der Waals surface area (Å²) in [4.78, 5) is 14.9. The zero-order valence-electron chi connectivity index (χ0n) is 8.22. The highest BCUT2D eigenvalue weighted by Gasteiger charge is 2.10. The third kappa shape index (κ3) is 1.90. The molecule has 2 rings (SSSR count). The number of halogens is 1. The van der Waals surface area contributed by atoms with E-state index in [1.54, 1.807) is 24.4 Å². The van der Waals surface area contributed by atoms with Crippen LogP contribution in [0, 0.1) is 0 Å². The van der Waals surface area contributed by atoms with Crippen LogP contribution in [0.2, 0.25) is 5.02 Å². The topological polar surface area (TPSA) is 50.2 Å². The Morgan fingerprint density at radius 3 is 2.88 bits per heavy atom. The number of rotatable bonds is 2. The first-order valence-corrected chi connectivity index (χ1v) is 4.99. The highest BCUT2D eigenvalue weighted by molar-refractivity contribution is 6.33. The van der Waals surface area contributed by atoms with Crippen molar-refractivity contribution in [2.45, 2.75) is 0 Å². The Morgan fingerprint density at radius 1 is 1.31 bits per heavy atom. The zero-order valence-corrected chi connectivity index (χ0v) is 8.98. The van der Waals surface area contributed by atoms with Gasteiger partial charge in [0.2, 0.25) is 0 Å². The zero-order chi connectivity index (χ0) is 11.5. The fraction of sp³-hybridized carbons (Fsp3) is 0. The summed E-state index contributed by atoms with van der Waals surface area (Å²) in [6.07, 6.45) is 2.28. The van der Waals surface area contributed by atoms with Gasteiger partial charge in [0.1, 0.15) is 5.75 Å². The maximum absolute atomic E-state index is 10.9. The minimum Gasteiger partial charge on any atom is -0.508 e. The van der Waals surface area contributed by atoms with Gasteiger partial charge in [-0.2, -0.15) is 0 Å². The van der Waals surface area contributed by atoms with Crippen molar-refractivity contribution in [3.63, 3.8) is 0 Å². The second-order valence-corrected chi connectivity index (χ2v) is 3.63. The van der Waals surface area contributed by atoms with E-state index in [0.29, 0.717) is 28.1 Å². The minimum atomic E-state index is 0.0851. The smallest absolute Gasteiger partial charge is 0.152 e. The molecule has 1 aromatic heterocycles. The van der Waals surface area contributed by atoms with Crippen molar-refractivity contribution in [1.29, 1.82) is 0 Å². The Kier molecular flexibility index (Phi) is 2.88. The lowest BCUT2D eigenvalue weighted by Crippen LogP contribution is -1.91. The number of phenols is 1. The molecule has 0 saturated carbocycles. The second-order valence-electron chi connectivity index (χ2n) is 3.22. The summed E-state index contributed by atoms with van der Waals surface area (Å²) in [5, 5.41) is 9.83. The van der Waals surface area contributed by atoms with Crippen LogP contribution in [0.1, 0.15) is 10.4 Å². The Labute approximate surface area is 97.3 Å². The number of carbonyl (C=O) groups excluding carboxylic acids is 1. The summed E-state index contributed by atoms with van der Waals surface area (Å²) in [6.45, 7) is 0. The fourth-order valence-electron chi connectivity index (χ4n) is 1.43. The van der Waals surface area contributed by atoms with Crippen LogP contribution in [-0.4, -0.2) is 16.4 Å². The molecule has 0 spiro atoms. The summed E-state index contributed by atoms with van der Waals surface area (Å²) in [6, 6.07) is 7.85. The molecule has 0 aliphatic rings. The quantitative estimate of drug-likeness (QED) is 0.812. The van der Waals surface area contributed by atoms with E-state index < -0.39 is 0 Å². The van der Waals surface area contributed by atoms with E-state index in [4.69, 9.17) is 11.6 Å².